The molecule has 1 aromatic rings. The number of nitrogens with two attached hydrogens (primary N) is 1. The molecule has 1 heterocycles. The van der Waals surface area contributed by atoms with E-state index in [0.29, 0.717) is 17.4 Å². The van der Waals surface area contributed by atoms with Crippen LogP contribution in [0, 0.1) is 5.92 Å². The summed E-state index contributed by atoms with van der Waals surface area (Å²) >= 11 is 0. The number of piperidine rings is 1. The lowest BCUT2D eigenvalue weighted by molar-refractivity contribution is 0.106. The third-order valence-corrected chi connectivity index (χ3v) is 4.54. The minimum atomic E-state index is 0.0679. The topological polar surface area (TPSA) is 71.1 Å². The number of benzene rings is 1. The van der Waals surface area contributed by atoms with Crippen LogP contribution in [0.25, 0.3) is 0 Å². The van der Waals surface area contributed by atoms with Crippen molar-refractivity contribution >= 4 is 5.84 Å². The van der Waals surface area contributed by atoms with Gasteiger partial charge in [-0.25, -0.2) is 0 Å². The smallest absolute Gasteiger partial charge is 0.173 e. The van der Waals surface area contributed by atoms with Gasteiger partial charge in [0.25, 0.3) is 0 Å². The molecule has 21 heavy (non-hydrogen) atoms. The fourth-order valence-electron chi connectivity index (χ4n) is 2.98. The molecule has 2 unspecified atom stereocenters. The lowest BCUT2D eigenvalue weighted by atomic mass is 9.91. The molecule has 0 bridgehead atoms. The molecule has 0 radical (unpaired) electrons. The van der Waals surface area contributed by atoms with Gasteiger partial charge in [0.1, 0.15) is 5.75 Å². The highest BCUT2D eigenvalue weighted by Gasteiger charge is 2.24. The maximum absolute atomic E-state index is 8.80. The number of methoxy groups -OCH3 is 1. The number of hydrogen-bond acceptors (Lipinski definition) is 4. The Hall–Kier alpha value is -1.75. The lowest BCUT2D eigenvalue weighted by Gasteiger charge is -2.38. The molecule has 0 aromatic heterocycles. The van der Waals surface area contributed by atoms with Crippen molar-refractivity contribution in [1.82, 2.24) is 4.90 Å². The van der Waals surface area contributed by atoms with Gasteiger partial charge < -0.3 is 15.7 Å². The van der Waals surface area contributed by atoms with Crippen LogP contribution in [0.4, 0.5) is 0 Å². The summed E-state index contributed by atoms with van der Waals surface area (Å²) in [5.41, 5.74) is 7.45. The highest BCUT2D eigenvalue weighted by atomic mass is 16.5. The minimum Gasteiger partial charge on any atom is -0.496 e. The molecule has 0 amide bonds. The summed E-state index contributed by atoms with van der Waals surface area (Å²) < 4.78 is 5.36. The van der Waals surface area contributed by atoms with E-state index in [-0.39, 0.29) is 5.84 Å². The van der Waals surface area contributed by atoms with Gasteiger partial charge in [0.2, 0.25) is 0 Å². The van der Waals surface area contributed by atoms with Crippen molar-refractivity contribution in [2.45, 2.75) is 39.3 Å². The van der Waals surface area contributed by atoms with E-state index in [1.807, 2.05) is 18.2 Å². The molecule has 1 saturated heterocycles. The first-order chi connectivity index (χ1) is 10.1. The summed E-state index contributed by atoms with van der Waals surface area (Å²) in [6.45, 7) is 6.65. The molecule has 0 saturated carbocycles. The van der Waals surface area contributed by atoms with Crippen LogP contribution in [0.3, 0.4) is 0 Å². The van der Waals surface area contributed by atoms with E-state index >= 15 is 0 Å². The number of amidine groups is 1. The highest BCUT2D eigenvalue weighted by Crippen LogP contribution is 2.26. The maximum Gasteiger partial charge on any atom is 0.173 e. The maximum atomic E-state index is 8.80. The molecule has 5 heteroatoms. The Labute approximate surface area is 126 Å². The van der Waals surface area contributed by atoms with Crippen LogP contribution in [-0.2, 0) is 6.54 Å². The average molecular weight is 291 g/mol. The van der Waals surface area contributed by atoms with E-state index < -0.39 is 0 Å². The first-order valence-electron chi connectivity index (χ1n) is 7.45. The van der Waals surface area contributed by atoms with Crippen LogP contribution in [0.1, 0.15) is 37.8 Å². The van der Waals surface area contributed by atoms with Crippen LogP contribution >= 0.6 is 0 Å². The molecular weight excluding hydrogens is 266 g/mol. The quantitative estimate of drug-likeness (QED) is 0.387. The molecule has 2 atom stereocenters. The zero-order valence-electron chi connectivity index (χ0n) is 13.0. The Bertz CT molecular complexity index is 516. The number of likely N-dealkylation sites (tertiary alicyclic amines) is 1. The summed E-state index contributed by atoms with van der Waals surface area (Å²) in [5, 5.41) is 11.8. The van der Waals surface area contributed by atoms with Crippen molar-refractivity contribution in [3.8, 4) is 5.75 Å². The van der Waals surface area contributed by atoms with Gasteiger partial charge in [-0.2, -0.15) is 0 Å². The molecular formula is C16H25N3O2. The van der Waals surface area contributed by atoms with Crippen LogP contribution in [0.15, 0.2) is 23.4 Å². The normalized spacial score (nSPS) is 24.0. The fraction of sp³-hybridized carbons (Fsp3) is 0.562. The van der Waals surface area contributed by atoms with Crippen LogP contribution in [0.5, 0.6) is 5.75 Å². The Kier molecular flexibility index (Phi) is 5.07. The van der Waals surface area contributed by atoms with Gasteiger partial charge in [-0.3, -0.25) is 4.90 Å². The molecule has 1 aliphatic rings. The summed E-state index contributed by atoms with van der Waals surface area (Å²) in [7, 11) is 1.60. The largest absolute Gasteiger partial charge is 0.496 e. The predicted octanol–water partition coefficient (Wildman–Crippen LogP) is 2.41. The number of hydrogen-bond donors (Lipinski definition) is 2. The Morgan fingerprint density at radius 3 is 2.90 bits per heavy atom. The second-order valence-corrected chi connectivity index (χ2v) is 5.85. The molecule has 5 nitrogen and oxygen atoms in total. The molecule has 116 valence electrons. The van der Waals surface area contributed by atoms with Crippen molar-refractivity contribution < 1.29 is 9.94 Å². The molecule has 1 aromatic carbocycles. The van der Waals surface area contributed by atoms with E-state index in [1.54, 1.807) is 7.11 Å². The van der Waals surface area contributed by atoms with Crippen molar-refractivity contribution in [2.24, 2.45) is 16.8 Å². The third kappa shape index (κ3) is 3.47. The van der Waals surface area contributed by atoms with Gasteiger partial charge in [0, 0.05) is 12.6 Å². The Morgan fingerprint density at radius 1 is 1.48 bits per heavy atom. The van der Waals surface area contributed by atoms with Gasteiger partial charge in [-0.05, 0) is 49.9 Å². The summed E-state index contributed by atoms with van der Waals surface area (Å²) in [5.74, 6) is 1.44. The van der Waals surface area contributed by atoms with Crippen LogP contribution in [-0.4, -0.2) is 35.6 Å². The molecule has 0 aliphatic carbocycles. The van der Waals surface area contributed by atoms with Crippen molar-refractivity contribution in [3.05, 3.63) is 29.3 Å². The van der Waals surface area contributed by atoms with Gasteiger partial charge in [-0.1, -0.05) is 18.1 Å². The Balaban J connectivity index is 2.17. The summed E-state index contributed by atoms with van der Waals surface area (Å²) in [4.78, 5) is 2.51. The fourth-order valence-corrected chi connectivity index (χ4v) is 2.98. The predicted molar refractivity (Wildman–Crippen MR) is 83.8 cm³/mol. The number of ether oxygens (including phenoxy) is 1. The van der Waals surface area contributed by atoms with E-state index in [4.69, 9.17) is 15.7 Å². The molecule has 2 rings (SSSR count). The van der Waals surface area contributed by atoms with E-state index in [1.165, 1.54) is 18.4 Å². The van der Waals surface area contributed by atoms with Gasteiger partial charge in [0.05, 0.1) is 12.7 Å². The van der Waals surface area contributed by atoms with Gasteiger partial charge in [0.15, 0.2) is 5.84 Å². The van der Waals surface area contributed by atoms with Crippen molar-refractivity contribution in [3.63, 3.8) is 0 Å². The van der Waals surface area contributed by atoms with E-state index in [9.17, 15) is 0 Å². The van der Waals surface area contributed by atoms with Crippen molar-refractivity contribution in [1.29, 1.82) is 0 Å². The standard InChI is InChI=1S/C16H25N3O2/c1-11-5-4-8-19(12(11)2)10-13-6-7-14(16(17)18-20)15(9-13)21-3/h6-7,9,11-12,20H,4-5,8,10H2,1-3H3,(H2,17,18). The van der Waals surface area contributed by atoms with Gasteiger partial charge in [-0.15, -0.1) is 0 Å². The number of oxime groups is 1. The third-order valence-electron chi connectivity index (χ3n) is 4.54. The zero-order valence-corrected chi connectivity index (χ0v) is 13.0. The summed E-state index contributed by atoms with van der Waals surface area (Å²) in [6, 6.07) is 6.43. The molecule has 1 aliphatic heterocycles. The first kappa shape index (κ1) is 15.6. The molecule has 3 N–H and O–H groups in total. The monoisotopic (exact) mass is 291 g/mol. The summed E-state index contributed by atoms with van der Waals surface area (Å²) in [6.07, 6.45) is 2.56. The minimum absolute atomic E-state index is 0.0679. The van der Waals surface area contributed by atoms with E-state index in [2.05, 4.69) is 23.9 Å². The molecule has 1 fully saturated rings. The second kappa shape index (κ2) is 6.80. The SMILES string of the molecule is COc1cc(CN2CCCC(C)C2C)ccc1/C(N)=N/O. The van der Waals surface area contributed by atoms with E-state index in [0.717, 1.165) is 19.0 Å². The zero-order chi connectivity index (χ0) is 15.4. The van der Waals surface area contributed by atoms with Gasteiger partial charge >= 0.3 is 0 Å². The number of rotatable bonds is 4. The molecule has 0 spiro atoms. The highest BCUT2D eigenvalue weighted by molar-refractivity contribution is 5.99. The van der Waals surface area contributed by atoms with Crippen LogP contribution < -0.4 is 10.5 Å². The Morgan fingerprint density at radius 2 is 2.24 bits per heavy atom. The van der Waals surface area contributed by atoms with Crippen molar-refractivity contribution in [2.75, 3.05) is 13.7 Å². The first-order valence-corrected chi connectivity index (χ1v) is 7.45. The van der Waals surface area contributed by atoms with Crippen LogP contribution in [0.2, 0.25) is 0 Å². The second-order valence-electron chi connectivity index (χ2n) is 5.85. The average Bonchev–Trinajstić information content (AvgIpc) is 2.51. The number of nitrogens with zero attached hydrogens (tertiary/aromatic N) is 2. The lowest BCUT2D eigenvalue weighted by Crippen LogP contribution is -2.41.